The lowest BCUT2D eigenvalue weighted by Crippen LogP contribution is -2.48. The highest BCUT2D eigenvalue weighted by Gasteiger charge is 2.26. The number of piperazine rings is 1. The minimum Gasteiger partial charge on any atom is -0.447 e. The van der Waals surface area contributed by atoms with Gasteiger partial charge in [0, 0.05) is 45.8 Å². The number of carbonyl (C=O) groups is 1. The molecule has 1 aliphatic heterocycles. The molecule has 3 rings (SSSR count). The lowest BCUT2D eigenvalue weighted by molar-refractivity contribution is 0.0641. The summed E-state index contributed by atoms with van der Waals surface area (Å²) in [5.74, 6) is 0.565. The highest BCUT2D eigenvalue weighted by molar-refractivity contribution is 5.92. The van der Waals surface area contributed by atoms with Crippen LogP contribution >= 0.6 is 0 Å². The van der Waals surface area contributed by atoms with Crippen LogP contribution in [-0.4, -0.2) is 82.6 Å². The van der Waals surface area contributed by atoms with Gasteiger partial charge >= 0.3 is 0 Å². The predicted octanol–water partition coefficient (Wildman–Crippen LogP) is 2.52. The monoisotopic (exact) mass is 404 g/mol. The normalized spacial score (nSPS) is 20.5. The van der Waals surface area contributed by atoms with Crippen LogP contribution in [-0.2, 0) is 6.54 Å². The summed E-state index contributed by atoms with van der Waals surface area (Å²) in [4.78, 5) is 23.6. The highest BCUT2D eigenvalue weighted by Crippen LogP contribution is 2.23. The molecule has 0 radical (unpaired) electrons. The second kappa shape index (κ2) is 10.9. The standard InChI is InChI=1S/C22H36N4O3/c1-3-4-10-19(27)15-25-11-13-26(14-12-25)16-21-23-20(17-29-21)22(28)24(2)18-8-6-5-7-9-18/h3,17-19,27H,1,4-16H2,2H3/t19-/m1/s1. The van der Waals surface area contributed by atoms with Gasteiger partial charge in [-0.2, -0.15) is 0 Å². The lowest BCUT2D eigenvalue weighted by Gasteiger charge is -2.35. The first-order valence-electron chi connectivity index (χ1n) is 11.0. The van der Waals surface area contributed by atoms with E-state index < -0.39 is 0 Å². The van der Waals surface area contributed by atoms with Gasteiger partial charge in [-0.3, -0.25) is 14.6 Å². The van der Waals surface area contributed by atoms with Crippen molar-refractivity contribution < 1.29 is 14.3 Å². The van der Waals surface area contributed by atoms with E-state index in [0.717, 1.165) is 51.9 Å². The minimum atomic E-state index is -0.291. The predicted molar refractivity (Wildman–Crippen MR) is 113 cm³/mol. The molecule has 1 N–H and O–H groups in total. The van der Waals surface area contributed by atoms with Crippen LogP contribution in [0, 0.1) is 0 Å². The molecule has 1 amide bonds. The summed E-state index contributed by atoms with van der Waals surface area (Å²) in [7, 11) is 1.88. The maximum atomic E-state index is 12.7. The average molecular weight is 405 g/mol. The summed E-state index contributed by atoms with van der Waals surface area (Å²) in [5.41, 5.74) is 0.414. The Hall–Kier alpha value is -1.70. The molecule has 1 atom stereocenters. The number of hydrogen-bond acceptors (Lipinski definition) is 6. The topological polar surface area (TPSA) is 73.1 Å². The van der Waals surface area contributed by atoms with Crippen LogP contribution in [0.15, 0.2) is 23.3 Å². The molecule has 0 spiro atoms. The maximum absolute atomic E-state index is 12.7. The number of hydrogen-bond donors (Lipinski definition) is 1. The molecule has 1 saturated heterocycles. The molecule has 2 aliphatic rings. The van der Waals surface area contributed by atoms with E-state index in [-0.39, 0.29) is 12.0 Å². The van der Waals surface area contributed by atoms with Crippen molar-refractivity contribution in [2.24, 2.45) is 0 Å². The molecule has 162 valence electrons. The van der Waals surface area contributed by atoms with E-state index in [1.165, 1.54) is 25.5 Å². The summed E-state index contributed by atoms with van der Waals surface area (Å²) in [5, 5.41) is 10.1. The van der Waals surface area contributed by atoms with Crippen molar-refractivity contribution >= 4 is 5.91 Å². The van der Waals surface area contributed by atoms with Gasteiger partial charge in [0.05, 0.1) is 12.6 Å². The van der Waals surface area contributed by atoms with Crippen molar-refractivity contribution in [3.63, 3.8) is 0 Å². The molecule has 2 heterocycles. The summed E-state index contributed by atoms with van der Waals surface area (Å²) in [6.07, 6.45) is 10.5. The zero-order valence-electron chi connectivity index (χ0n) is 17.8. The Morgan fingerprint density at radius 3 is 2.69 bits per heavy atom. The number of rotatable bonds is 9. The zero-order chi connectivity index (χ0) is 20.6. The number of aliphatic hydroxyl groups is 1. The molecule has 7 nitrogen and oxygen atoms in total. The fourth-order valence-corrected chi connectivity index (χ4v) is 4.32. The van der Waals surface area contributed by atoms with Crippen LogP contribution < -0.4 is 0 Å². The number of amides is 1. The first kappa shape index (κ1) is 22.0. The van der Waals surface area contributed by atoms with Crippen molar-refractivity contribution in [2.75, 3.05) is 39.8 Å². The van der Waals surface area contributed by atoms with Crippen molar-refractivity contribution in [3.8, 4) is 0 Å². The first-order chi connectivity index (χ1) is 14.1. The van der Waals surface area contributed by atoms with E-state index in [1.807, 2.05) is 18.0 Å². The molecule has 0 aromatic carbocycles. The molecule has 2 fully saturated rings. The van der Waals surface area contributed by atoms with Gasteiger partial charge in [-0.05, 0) is 25.7 Å². The third kappa shape index (κ3) is 6.39. The quantitative estimate of drug-likeness (QED) is 0.638. The van der Waals surface area contributed by atoms with E-state index in [4.69, 9.17) is 4.42 Å². The second-order valence-electron chi connectivity index (χ2n) is 8.43. The summed E-state index contributed by atoms with van der Waals surface area (Å²) < 4.78 is 5.60. The van der Waals surface area contributed by atoms with Crippen molar-refractivity contribution in [1.82, 2.24) is 19.7 Å². The van der Waals surface area contributed by atoms with Gasteiger partial charge < -0.3 is 14.4 Å². The van der Waals surface area contributed by atoms with Gasteiger partial charge in [-0.15, -0.1) is 6.58 Å². The number of oxazole rings is 1. The molecule has 0 unspecified atom stereocenters. The Bertz CT molecular complexity index is 648. The Kier molecular flexibility index (Phi) is 8.27. The summed E-state index contributed by atoms with van der Waals surface area (Å²) >= 11 is 0. The van der Waals surface area contributed by atoms with Crippen LogP contribution in [0.1, 0.15) is 61.3 Å². The van der Waals surface area contributed by atoms with Gasteiger partial charge in [0.2, 0.25) is 5.89 Å². The maximum Gasteiger partial charge on any atom is 0.275 e. The molecule has 1 saturated carbocycles. The van der Waals surface area contributed by atoms with Gasteiger partial charge in [0.1, 0.15) is 6.26 Å². The number of nitrogens with zero attached hydrogens (tertiary/aromatic N) is 4. The molecule has 29 heavy (non-hydrogen) atoms. The third-order valence-corrected chi connectivity index (χ3v) is 6.21. The number of allylic oxidation sites excluding steroid dienone is 1. The number of aromatic nitrogens is 1. The van der Waals surface area contributed by atoms with Crippen molar-refractivity contribution in [2.45, 2.75) is 63.6 Å². The highest BCUT2D eigenvalue weighted by atomic mass is 16.3. The fraction of sp³-hybridized carbons (Fsp3) is 0.727. The van der Waals surface area contributed by atoms with E-state index in [2.05, 4.69) is 21.4 Å². The van der Waals surface area contributed by atoms with Crippen molar-refractivity contribution in [1.29, 1.82) is 0 Å². The number of aliphatic hydroxyl groups excluding tert-OH is 1. The van der Waals surface area contributed by atoms with Crippen LogP contribution in [0.4, 0.5) is 0 Å². The van der Waals surface area contributed by atoms with Crippen LogP contribution in [0.25, 0.3) is 0 Å². The Labute approximate surface area is 174 Å². The molecule has 1 aromatic heterocycles. The SMILES string of the molecule is C=CCC[C@@H](O)CN1CCN(Cc2nc(C(=O)N(C)C3CCCCC3)co2)CC1. The average Bonchev–Trinajstić information content (AvgIpc) is 3.21. The smallest absolute Gasteiger partial charge is 0.275 e. The van der Waals surface area contributed by atoms with Crippen LogP contribution in [0.3, 0.4) is 0 Å². The van der Waals surface area contributed by atoms with Crippen LogP contribution in [0.2, 0.25) is 0 Å². The number of β-amino-alcohol motifs (C(OH)–C–C–N with tert-alkyl or cyclic N) is 1. The van der Waals surface area contributed by atoms with Crippen molar-refractivity contribution in [3.05, 3.63) is 30.5 Å². The van der Waals surface area contributed by atoms with Gasteiger partial charge in [0.25, 0.3) is 5.91 Å². The molecule has 1 aliphatic carbocycles. The Balaban J connectivity index is 1.43. The number of carbonyl (C=O) groups excluding carboxylic acids is 1. The van der Waals surface area contributed by atoms with Gasteiger partial charge in [-0.25, -0.2) is 4.98 Å². The largest absolute Gasteiger partial charge is 0.447 e. The molecular weight excluding hydrogens is 368 g/mol. The minimum absolute atomic E-state index is 0.0368. The molecular formula is C22H36N4O3. The summed E-state index contributed by atoms with van der Waals surface area (Å²) in [6, 6.07) is 0.325. The molecule has 1 aromatic rings. The first-order valence-corrected chi connectivity index (χ1v) is 11.0. The second-order valence-corrected chi connectivity index (χ2v) is 8.43. The molecule has 0 bridgehead atoms. The molecule has 7 heteroatoms. The van der Waals surface area contributed by atoms with E-state index in [1.54, 1.807) is 0 Å². The Morgan fingerprint density at radius 2 is 2.00 bits per heavy atom. The third-order valence-electron chi connectivity index (χ3n) is 6.21. The van der Waals surface area contributed by atoms with E-state index in [9.17, 15) is 9.90 Å². The van der Waals surface area contributed by atoms with Crippen LogP contribution in [0.5, 0.6) is 0 Å². The Morgan fingerprint density at radius 1 is 1.31 bits per heavy atom. The fourth-order valence-electron chi connectivity index (χ4n) is 4.32. The zero-order valence-corrected chi connectivity index (χ0v) is 17.8. The lowest BCUT2D eigenvalue weighted by atomic mass is 9.94. The van der Waals surface area contributed by atoms with E-state index >= 15 is 0 Å². The summed E-state index contributed by atoms with van der Waals surface area (Å²) in [6.45, 7) is 8.69. The van der Waals surface area contributed by atoms with Gasteiger partial charge in [0.15, 0.2) is 5.69 Å². The van der Waals surface area contributed by atoms with Gasteiger partial charge in [-0.1, -0.05) is 25.3 Å². The van der Waals surface area contributed by atoms with E-state index in [0.29, 0.717) is 30.7 Å².